The summed E-state index contributed by atoms with van der Waals surface area (Å²) >= 11 is 0. The van der Waals surface area contributed by atoms with Gasteiger partial charge in [0.05, 0.1) is 29.5 Å². The Morgan fingerprint density at radius 3 is 2.23 bits per heavy atom. The summed E-state index contributed by atoms with van der Waals surface area (Å²) in [5.74, 6) is -12.9. The average Bonchev–Trinajstić information content (AvgIpc) is 2.86. The van der Waals surface area contributed by atoms with Crippen LogP contribution < -0.4 is 5.73 Å². The van der Waals surface area contributed by atoms with E-state index in [2.05, 4.69) is 0 Å². The first kappa shape index (κ1) is 27.6. The lowest BCUT2D eigenvalue weighted by atomic mass is 9.49. The van der Waals surface area contributed by atoms with Gasteiger partial charge in [-0.05, 0) is 43.8 Å². The Hall–Kier alpha value is -2.95. The third-order valence-corrected chi connectivity index (χ3v) is 10.1. The van der Waals surface area contributed by atoms with E-state index >= 15 is 0 Å². The maximum absolute atomic E-state index is 14.1. The molecule has 3 fully saturated rings. The molecule has 1 aromatic rings. The number of aliphatic hydroxyl groups is 2. The summed E-state index contributed by atoms with van der Waals surface area (Å²) in [4.78, 5) is 68.3. The first-order valence-electron chi connectivity index (χ1n) is 13.6. The molecule has 5 rings (SSSR count). The van der Waals surface area contributed by atoms with E-state index in [1.54, 1.807) is 13.0 Å². The molecule has 0 radical (unpaired) electrons. The van der Waals surface area contributed by atoms with Crippen LogP contribution in [0.25, 0.3) is 0 Å². The third-order valence-electron chi connectivity index (χ3n) is 10.1. The van der Waals surface area contributed by atoms with Crippen molar-refractivity contribution >= 4 is 29.0 Å². The number of benzene rings is 1. The van der Waals surface area contributed by atoms with Gasteiger partial charge in [0.1, 0.15) is 5.75 Å². The maximum atomic E-state index is 14.1. The van der Waals surface area contributed by atoms with Gasteiger partial charge in [0, 0.05) is 11.5 Å². The third kappa shape index (κ3) is 3.54. The van der Waals surface area contributed by atoms with E-state index in [1.165, 1.54) is 19.0 Å². The predicted molar refractivity (Wildman–Crippen MR) is 138 cm³/mol. The second-order valence-electron chi connectivity index (χ2n) is 12.4. The van der Waals surface area contributed by atoms with Gasteiger partial charge in [-0.2, -0.15) is 0 Å². The van der Waals surface area contributed by atoms with Crippen LogP contribution in [0.1, 0.15) is 73.4 Å². The topological polar surface area (TPSA) is 175 Å². The van der Waals surface area contributed by atoms with E-state index < -0.39 is 76.4 Å². The fraction of sp³-hybridized carbons (Fsp3) is 0.621. The molecule has 0 aliphatic heterocycles. The van der Waals surface area contributed by atoms with Crippen molar-refractivity contribution in [3.05, 3.63) is 28.8 Å². The van der Waals surface area contributed by atoms with E-state index in [1.807, 2.05) is 13.0 Å². The number of Topliss-reactive ketones (excluding diaryl/α,β-unsaturated/α-hetero) is 4. The number of carbonyl (C=O) groups is 5. The number of fused-ring (bicyclic) bond motifs is 3. The number of amides is 1. The van der Waals surface area contributed by atoms with E-state index in [0.29, 0.717) is 11.1 Å². The molecule has 3 saturated carbocycles. The molecule has 4 aliphatic rings. The highest BCUT2D eigenvalue weighted by Gasteiger charge is 2.73. The molecule has 0 spiro atoms. The maximum Gasteiger partial charge on any atom is 0.235 e. The molecule has 0 saturated heterocycles. The van der Waals surface area contributed by atoms with E-state index in [-0.39, 0.29) is 16.7 Å². The molecular weight excluding hydrogens is 504 g/mol. The van der Waals surface area contributed by atoms with Crippen LogP contribution in [0.15, 0.2) is 12.1 Å². The van der Waals surface area contributed by atoms with Crippen LogP contribution in [0, 0.1) is 23.7 Å². The molecule has 0 bridgehead atoms. The summed E-state index contributed by atoms with van der Waals surface area (Å²) in [6, 6.07) is 2.19. The quantitative estimate of drug-likeness (QED) is 0.401. The summed E-state index contributed by atoms with van der Waals surface area (Å²) in [6.07, 6.45) is 3.08. The lowest BCUT2D eigenvalue weighted by molar-refractivity contribution is -0.196. The lowest BCUT2D eigenvalue weighted by Gasteiger charge is -2.56. The van der Waals surface area contributed by atoms with Gasteiger partial charge < -0.3 is 21.1 Å². The average molecular weight is 541 g/mol. The number of primary amides is 1. The van der Waals surface area contributed by atoms with Crippen molar-refractivity contribution in [1.29, 1.82) is 0 Å². The Morgan fingerprint density at radius 2 is 1.67 bits per heavy atom. The minimum absolute atomic E-state index is 0.0365. The first-order chi connectivity index (χ1) is 18.2. The molecule has 10 nitrogen and oxygen atoms in total. The minimum atomic E-state index is -2.99. The zero-order valence-electron chi connectivity index (χ0n) is 22.6. The Morgan fingerprint density at radius 1 is 1.05 bits per heavy atom. The number of aliphatic hydroxyl groups excluding tert-OH is 1. The Balaban J connectivity index is 1.68. The van der Waals surface area contributed by atoms with Gasteiger partial charge in [-0.1, -0.05) is 45.2 Å². The van der Waals surface area contributed by atoms with Crippen molar-refractivity contribution in [2.75, 3.05) is 14.1 Å². The van der Waals surface area contributed by atoms with Crippen molar-refractivity contribution < 1.29 is 39.3 Å². The fourth-order valence-electron chi connectivity index (χ4n) is 8.08. The summed E-state index contributed by atoms with van der Waals surface area (Å²) < 4.78 is 0. The van der Waals surface area contributed by atoms with E-state index in [0.717, 1.165) is 32.1 Å². The predicted octanol–water partition coefficient (Wildman–Crippen LogP) is 0.621. The number of nitrogens with zero attached hydrogens (tertiary/aromatic N) is 1. The summed E-state index contributed by atoms with van der Waals surface area (Å²) in [5, 5.41) is 34.9. The van der Waals surface area contributed by atoms with Crippen molar-refractivity contribution in [3.63, 3.8) is 0 Å². The summed E-state index contributed by atoms with van der Waals surface area (Å²) in [5.41, 5.74) is 3.04. The molecule has 4 aliphatic carbocycles. The molecule has 1 aromatic carbocycles. The van der Waals surface area contributed by atoms with Crippen LogP contribution in [0.5, 0.6) is 5.75 Å². The molecule has 0 aromatic heterocycles. The van der Waals surface area contributed by atoms with Crippen molar-refractivity contribution in [2.24, 2.45) is 29.4 Å². The molecule has 39 heavy (non-hydrogen) atoms. The fourth-order valence-corrected chi connectivity index (χ4v) is 8.08. The number of ketones is 4. The lowest BCUT2D eigenvalue weighted by Crippen LogP contribution is -2.77. The Kier molecular flexibility index (Phi) is 6.40. The molecule has 0 heterocycles. The molecular formula is C29H36N2O8. The Bertz CT molecular complexity index is 1300. The van der Waals surface area contributed by atoms with Gasteiger partial charge in [-0.3, -0.25) is 28.9 Å². The van der Waals surface area contributed by atoms with Crippen LogP contribution in [0.4, 0.5) is 0 Å². The second kappa shape index (κ2) is 9.04. The van der Waals surface area contributed by atoms with Crippen LogP contribution in [-0.4, -0.2) is 81.1 Å². The Labute approximate surface area is 226 Å². The number of carbonyl (C=O) groups excluding carboxylic acids is 5. The molecule has 8 atom stereocenters. The summed E-state index contributed by atoms with van der Waals surface area (Å²) in [7, 11) is 2.94. The monoisotopic (exact) mass is 540 g/mol. The number of phenols is 1. The standard InChI is InChI=1S/C29H36N2O8/c1-12-13-8-9-14(28(2)10-6-5-7-11-28)21(32)16(13)22(33)17-15(12)23(34)19-20(31(3)4)24(35)18(27(30)38)26(37)29(19,39)25(17)36/h8-9,12,15,17-20,23,32,34,39H,5-7,10-11H2,1-4H3,(H2,30,38)/t12-,15+,17?,18?,19+,20-,23-,29-/m1/s1. The van der Waals surface area contributed by atoms with Gasteiger partial charge in [0.15, 0.2) is 34.7 Å². The number of hydrogen-bond acceptors (Lipinski definition) is 9. The summed E-state index contributed by atoms with van der Waals surface area (Å²) in [6.45, 7) is 3.76. The van der Waals surface area contributed by atoms with Crippen LogP contribution >= 0.6 is 0 Å². The van der Waals surface area contributed by atoms with Gasteiger partial charge in [0.25, 0.3) is 0 Å². The minimum Gasteiger partial charge on any atom is -0.507 e. The number of aromatic hydroxyl groups is 1. The highest BCUT2D eigenvalue weighted by atomic mass is 16.3. The van der Waals surface area contributed by atoms with Gasteiger partial charge >= 0.3 is 0 Å². The van der Waals surface area contributed by atoms with Crippen LogP contribution in [0.3, 0.4) is 0 Å². The van der Waals surface area contributed by atoms with Crippen molar-refractivity contribution in [1.82, 2.24) is 4.90 Å². The number of nitrogens with two attached hydrogens (primary N) is 1. The first-order valence-corrected chi connectivity index (χ1v) is 13.6. The molecule has 2 unspecified atom stereocenters. The second-order valence-corrected chi connectivity index (χ2v) is 12.4. The largest absolute Gasteiger partial charge is 0.507 e. The normalized spacial score (nSPS) is 37.8. The van der Waals surface area contributed by atoms with Crippen LogP contribution in [-0.2, 0) is 24.6 Å². The molecule has 1 amide bonds. The molecule has 10 heteroatoms. The number of rotatable bonds is 3. The zero-order valence-corrected chi connectivity index (χ0v) is 22.6. The highest BCUT2D eigenvalue weighted by molar-refractivity contribution is 6.32. The molecule has 5 N–H and O–H groups in total. The molecule has 210 valence electrons. The van der Waals surface area contributed by atoms with Gasteiger partial charge in [-0.15, -0.1) is 0 Å². The number of hydrogen-bond donors (Lipinski definition) is 4. The zero-order chi connectivity index (χ0) is 28.8. The van der Waals surface area contributed by atoms with Gasteiger partial charge in [0.2, 0.25) is 5.91 Å². The smallest absolute Gasteiger partial charge is 0.235 e. The van der Waals surface area contributed by atoms with Gasteiger partial charge in [-0.25, -0.2) is 0 Å². The van der Waals surface area contributed by atoms with Crippen molar-refractivity contribution in [3.8, 4) is 5.75 Å². The van der Waals surface area contributed by atoms with E-state index in [4.69, 9.17) is 5.73 Å². The van der Waals surface area contributed by atoms with Crippen LogP contribution in [0.2, 0.25) is 0 Å². The van der Waals surface area contributed by atoms with E-state index in [9.17, 15) is 39.3 Å². The highest BCUT2D eigenvalue weighted by Crippen LogP contribution is 2.55. The van der Waals surface area contributed by atoms with Crippen molar-refractivity contribution in [2.45, 2.75) is 75.0 Å². The number of likely N-dealkylation sites (N-methyl/N-ethyl adjacent to an activating group) is 1. The number of phenolic OH excluding ortho intramolecular Hbond substituents is 1. The SMILES string of the molecule is C[C@@H]1c2ccc(C3(C)CCCCC3)c(O)c2C(=O)C2C(=O)[C@@]3(O)C(=O)C(C(N)=O)C(=O)[C@H](N(C)C)[C@H]3[C@H](O)[C@H]21.